The van der Waals surface area contributed by atoms with Crippen molar-refractivity contribution in [1.29, 1.82) is 0 Å². The molecule has 10 nitrogen and oxygen atoms in total. The largest absolute Gasteiger partial charge is 0.383 e. The summed E-state index contributed by atoms with van der Waals surface area (Å²) in [4.78, 5) is 46.2. The first-order valence-corrected chi connectivity index (χ1v) is 12.1. The lowest BCUT2D eigenvalue weighted by Crippen LogP contribution is -2.46. The van der Waals surface area contributed by atoms with E-state index < -0.39 is 6.04 Å². The minimum Gasteiger partial charge on any atom is -0.383 e. The third-order valence-electron chi connectivity index (χ3n) is 7.23. The van der Waals surface area contributed by atoms with Gasteiger partial charge in [0, 0.05) is 12.2 Å². The van der Waals surface area contributed by atoms with Crippen LogP contribution in [-0.2, 0) is 16.1 Å². The summed E-state index contributed by atoms with van der Waals surface area (Å²) >= 11 is 3.33. The minimum absolute atomic E-state index is 0.0223. The number of hydrogen-bond acceptors (Lipinski definition) is 7. The third-order valence-corrected chi connectivity index (χ3v) is 7.67. The van der Waals surface area contributed by atoms with Gasteiger partial charge >= 0.3 is 0 Å². The lowest BCUT2D eigenvalue weighted by Gasteiger charge is -2.27. The molecule has 4 aromatic heterocycles. The van der Waals surface area contributed by atoms with Crippen molar-refractivity contribution < 1.29 is 9.59 Å². The van der Waals surface area contributed by atoms with Gasteiger partial charge in [-0.15, -0.1) is 0 Å². The maximum absolute atomic E-state index is 13.8. The van der Waals surface area contributed by atoms with Crippen LogP contribution < -0.4 is 11.1 Å². The number of nitrogens with one attached hydrogen (secondary N) is 1. The van der Waals surface area contributed by atoms with Gasteiger partial charge in [0.1, 0.15) is 46.3 Å². The molecular formula is C24H23BrN8O2. The molecule has 6 rings (SSSR count). The number of rotatable bonds is 4. The number of hydrogen-bond donors (Lipinski definition) is 2. The maximum Gasteiger partial charge on any atom is 0.248 e. The Kier molecular flexibility index (Phi) is 4.82. The van der Waals surface area contributed by atoms with Crippen LogP contribution in [0.1, 0.15) is 25.3 Å². The van der Waals surface area contributed by atoms with Crippen molar-refractivity contribution in [3.8, 4) is 0 Å². The molecule has 4 aromatic rings. The molecular weight excluding hydrogens is 512 g/mol. The molecule has 3 N–H and O–H groups in total. The van der Waals surface area contributed by atoms with Gasteiger partial charge in [-0.1, -0.05) is 13.0 Å². The molecule has 3 atom stereocenters. The molecule has 35 heavy (non-hydrogen) atoms. The number of carbonyl (C=O) groups excluding carboxylic acids is 2. The van der Waals surface area contributed by atoms with Crippen LogP contribution in [0.15, 0.2) is 41.4 Å². The van der Waals surface area contributed by atoms with Crippen molar-refractivity contribution in [1.82, 2.24) is 29.4 Å². The second-order valence-corrected chi connectivity index (χ2v) is 10.4. The summed E-state index contributed by atoms with van der Waals surface area (Å²) in [7, 11) is 0. The molecule has 11 heteroatoms. The molecule has 1 aliphatic heterocycles. The lowest BCUT2D eigenvalue weighted by molar-refractivity contribution is -0.138. The monoisotopic (exact) mass is 534 g/mol. The number of piperidine rings is 1. The Bertz CT molecular complexity index is 1540. The molecule has 5 heterocycles. The van der Waals surface area contributed by atoms with Crippen molar-refractivity contribution in [2.24, 2.45) is 5.41 Å². The van der Waals surface area contributed by atoms with Crippen molar-refractivity contribution in [2.45, 2.75) is 45.3 Å². The zero-order chi connectivity index (χ0) is 24.5. The molecule has 2 fully saturated rings. The number of nitrogens with zero attached hydrogens (tertiary/aromatic N) is 6. The highest BCUT2D eigenvalue weighted by molar-refractivity contribution is 9.10. The number of nitrogens with two attached hydrogens (primary N) is 1. The molecule has 0 unspecified atom stereocenters. The highest BCUT2D eigenvalue weighted by Crippen LogP contribution is 2.59. The Morgan fingerprint density at radius 3 is 2.86 bits per heavy atom. The van der Waals surface area contributed by atoms with Crippen molar-refractivity contribution in [3.63, 3.8) is 0 Å². The molecule has 2 aliphatic rings. The summed E-state index contributed by atoms with van der Waals surface area (Å²) in [5, 5.41) is 3.51. The minimum atomic E-state index is -0.570. The Hall–Kier alpha value is -3.60. The molecule has 1 saturated carbocycles. The summed E-state index contributed by atoms with van der Waals surface area (Å²) in [6, 6.07) is 6.67. The molecule has 0 bridgehead atoms. The van der Waals surface area contributed by atoms with Crippen molar-refractivity contribution >= 4 is 61.4 Å². The smallest absolute Gasteiger partial charge is 0.248 e. The molecule has 0 spiro atoms. The van der Waals surface area contributed by atoms with Gasteiger partial charge in [0.2, 0.25) is 11.8 Å². The first-order valence-electron chi connectivity index (χ1n) is 11.4. The number of pyridine rings is 2. The van der Waals surface area contributed by atoms with E-state index in [2.05, 4.69) is 48.1 Å². The second-order valence-electron chi connectivity index (χ2n) is 9.60. The van der Waals surface area contributed by atoms with Gasteiger partial charge < -0.3 is 20.5 Å². The van der Waals surface area contributed by atoms with Crippen molar-refractivity contribution in [2.75, 3.05) is 11.1 Å². The fourth-order valence-corrected chi connectivity index (χ4v) is 5.76. The standard InChI is InChI=1S/C24H23BrN8O2/c1-12-6-7-27-19-18-21(26)28-11-29-22(18)32(20(12)19)10-17(34)33-13(8-24(2)9-14(24)33)23(35)31-16-5-3-4-15(25)30-16/h3-7,11,13-14H,8-10H2,1-2H3,(H2,26,28,29)(H,30,31,35)/t13-,14+,24-/m0/s1. The summed E-state index contributed by atoms with van der Waals surface area (Å²) in [5.41, 5.74) is 9.08. The quantitative estimate of drug-likeness (QED) is 0.384. The van der Waals surface area contributed by atoms with E-state index in [1.807, 2.05) is 17.6 Å². The predicted octanol–water partition coefficient (Wildman–Crippen LogP) is 3.05. The number of carbonyl (C=O) groups is 2. The van der Waals surface area contributed by atoms with E-state index in [0.717, 1.165) is 17.5 Å². The summed E-state index contributed by atoms with van der Waals surface area (Å²) < 4.78 is 2.47. The summed E-state index contributed by atoms with van der Waals surface area (Å²) in [5.74, 6) is 0.389. The number of aryl methyl sites for hydroxylation is 1. The molecule has 0 radical (unpaired) electrons. The van der Waals surface area contributed by atoms with Gasteiger partial charge in [-0.3, -0.25) is 14.6 Å². The lowest BCUT2D eigenvalue weighted by atomic mass is 10.0. The Balaban J connectivity index is 1.35. The van der Waals surface area contributed by atoms with E-state index in [1.54, 1.807) is 29.3 Å². The summed E-state index contributed by atoms with van der Waals surface area (Å²) in [6.45, 7) is 4.11. The first-order chi connectivity index (χ1) is 16.8. The Morgan fingerprint density at radius 2 is 2.06 bits per heavy atom. The number of amides is 2. The molecule has 178 valence electrons. The number of fused-ring (bicyclic) bond motifs is 4. The van der Waals surface area contributed by atoms with Gasteiger partial charge in [0.25, 0.3) is 0 Å². The van der Waals surface area contributed by atoms with E-state index in [1.165, 1.54) is 6.33 Å². The van der Waals surface area contributed by atoms with Gasteiger partial charge in [-0.05, 0) is 64.9 Å². The number of anilines is 2. The zero-order valence-corrected chi connectivity index (χ0v) is 20.8. The van der Waals surface area contributed by atoms with Crippen LogP contribution in [0, 0.1) is 12.3 Å². The fraction of sp³-hybridized carbons (Fsp3) is 0.333. The number of aromatic nitrogens is 5. The Labute approximate surface area is 209 Å². The van der Waals surface area contributed by atoms with E-state index in [0.29, 0.717) is 39.2 Å². The van der Waals surface area contributed by atoms with E-state index in [9.17, 15) is 9.59 Å². The van der Waals surface area contributed by atoms with Crippen LogP contribution >= 0.6 is 15.9 Å². The topological polar surface area (TPSA) is 132 Å². The normalized spacial score (nSPS) is 23.0. The van der Waals surface area contributed by atoms with E-state index in [-0.39, 0.29) is 29.8 Å². The predicted molar refractivity (Wildman–Crippen MR) is 134 cm³/mol. The maximum atomic E-state index is 13.8. The zero-order valence-electron chi connectivity index (χ0n) is 19.2. The average Bonchev–Trinajstić information content (AvgIpc) is 3.20. The third kappa shape index (κ3) is 3.44. The second kappa shape index (κ2) is 7.70. The SMILES string of the molecule is Cc1ccnc2c3c(N)ncnc3n(CC(=O)N3[C@H](C(=O)Nc4cccc(Br)n4)C[C@@]4(C)C[C@@H]34)c12. The van der Waals surface area contributed by atoms with Crippen molar-refractivity contribution in [3.05, 3.63) is 47.0 Å². The molecule has 0 aromatic carbocycles. The number of halogens is 1. The molecule has 1 aliphatic carbocycles. The van der Waals surface area contributed by atoms with Crippen LogP contribution in [-0.4, -0.2) is 53.3 Å². The van der Waals surface area contributed by atoms with Crippen LogP contribution in [0.3, 0.4) is 0 Å². The van der Waals surface area contributed by atoms with Crippen LogP contribution in [0.2, 0.25) is 0 Å². The van der Waals surface area contributed by atoms with E-state index in [4.69, 9.17) is 5.73 Å². The van der Waals surface area contributed by atoms with Crippen LogP contribution in [0.25, 0.3) is 22.1 Å². The van der Waals surface area contributed by atoms with Gasteiger partial charge in [-0.25, -0.2) is 15.0 Å². The summed E-state index contributed by atoms with van der Waals surface area (Å²) in [6.07, 6.45) is 4.61. The highest BCUT2D eigenvalue weighted by Gasteiger charge is 2.64. The van der Waals surface area contributed by atoms with Gasteiger partial charge in [-0.2, -0.15) is 0 Å². The Morgan fingerprint density at radius 1 is 1.23 bits per heavy atom. The average molecular weight is 535 g/mol. The van der Waals surface area contributed by atoms with Gasteiger partial charge in [0.05, 0.1) is 10.9 Å². The molecule has 1 saturated heterocycles. The van der Waals surface area contributed by atoms with E-state index >= 15 is 0 Å². The highest BCUT2D eigenvalue weighted by atomic mass is 79.9. The van der Waals surface area contributed by atoms with Gasteiger partial charge in [0.15, 0.2) is 0 Å². The van der Waals surface area contributed by atoms with Crippen LogP contribution in [0.4, 0.5) is 11.6 Å². The number of likely N-dealkylation sites (tertiary alicyclic amines) is 1. The molecule has 2 amide bonds. The number of nitrogen functional groups attached to an aromatic ring is 1. The fourth-order valence-electron chi connectivity index (χ4n) is 5.42. The van der Waals surface area contributed by atoms with Crippen LogP contribution in [0.5, 0.6) is 0 Å². The first kappa shape index (κ1) is 21.9.